The van der Waals surface area contributed by atoms with Crippen LogP contribution in [0.15, 0.2) is 24.3 Å². The van der Waals surface area contributed by atoms with Crippen LogP contribution in [0.25, 0.3) is 6.08 Å². The minimum Gasteiger partial charge on any atom is -0.493 e. The van der Waals surface area contributed by atoms with Gasteiger partial charge >= 0.3 is 0 Å². The summed E-state index contributed by atoms with van der Waals surface area (Å²) >= 11 is 0. The molecule has 2 N–H and O–H groups in total. The maximum Gasteiger partial charge on any atom is 0.248 e. The molecule has 2 rings (SSSR count). The van der Waals surface area contributed by atoms with Gasteiger partial charge in [0.1, 0.15) is 5.75 Å². The van der Waals surface area contributed by atoms with Gasteiger partial charge in [0, 0.05) is 11.1 Å². The van der Waals surface area contributed by atoms with Crippen molar-refractivity contribution in [1.29, 1.82) is 0 Å². The number of nitrogens with two attached hydrogens (primary N) is 1. The largest absolute Gasteiger partial charge is 0.493 e. The summed E-state index contributed by atoms with van der Waals surface area (Å²) in [6, 6.07) is 5.21. The van der Waals surface area contributed by atoms with Gasteiger partial charge in [0.2, 0.25) is 5.91 Å². The number of hydrogen-bond acceptors (Lipinski definition) is 2. The monoisotopic (exact) mass is 189 g/mol. The van der Waals surface area contributed by atoms with Gasteiger partial charge in [-0.2, -0.15) is 0 Å². The van der Waals surface area contributed by atoms with Crippen molar-refractivity contribution in [3.8, 4) is 5.75 Å². The highest BCUT2D eigenvalue weighted by Gasteiger charge is 2.07. The molecule has 3 heteroatoms. The fourth-order valence-electron chi connectivity index (χ4n) is 1.41. The number of carbonyl (C=O) groups is 1. The molecule has 0 bridgehead atoms. The number of primary amides is 1. The number of benzene rings is 1. The number of rotatable bonds is 1. The Hall–Kier alpha value is -1.77. The third-order valence-electron chi connectivity index (χ3n) is 2.13. The van der Waals surface area contributed by atoms with E-state index in [0.29, 0.717) is 12.2 Å². The number of carbonyl (C=O) groups excluding carboxylic acids is 1. The van der Waals surface area contributed by atoms with Gasteiger partial charge in [0.25, 0.3) is 0 Å². The summed E-state index contributed by atoms with van der Waals surface area (Å²) in [5.74, 6) is 0.397. The van der Waals surface area contributed by atoms with Crippen LogP contribution in [0.2, 0.25) is 0 Å². The Morgan fingerprint density at radius 1 is 1.43 bits per heavy atom. The summed E-state index contributed by atoms with van der Waals surface area (Å²) < 4.78 is 5.47. The van der Waals surface area contributed by atoms with Gasteiger partial charge in [-0.1, -0.05) is 12.2 Å². The zero-order valence-corrected chi connectivity index (χ0v) is 7.69. The maximum absolute atomic E-state index is 10.9. The minimum absolute atomic E-state index is 0.412. The predicted molar refractivity (Wildman–Crippen MR) is 54.1 cm³/mol. The molecule has 0 atom stereocenters. The standard InChI is InChI=1S/C11H11NO2/c12-11(13)9-4-5-10-8(7-9)3-1-2-6-14-10/h1,3-5,7H,2,6H2,(H2,12,13). The lowest BCUT2D eigenvalue weighted by atomic mass is 10.1. The van der Waals surface area contributed by atoms with Crippen molar-refractivity contribution < 1.29 is 9.53 Å². The Bertz CT molecular complexity index is 396. The summed E-state index contributed by atoms with van der Waals surface area (Å²) in [7, 11) is 0. The lowest BCUT2D eigenvalue weighted by Gasteiger charge is -2.06. The topological polar surface area (TPSA) is 52.3 Å². The summed E-state index contributed by atoms with van der Waals surface area (Å²) in [6.45, 7) is 0.680. The molecule has 1 aliphatic heterocycles. The Kier molecular flexibility index (Phi) is 2.23. The SMILES string of the molecule is NC(=O)c1ccc2c(c1)C=CCCO2. The van der Waals surface area contributed by atoms with E-state index in [1.807, 2.05) is 12.2 Å². The molecule has 0 unspecified atom stereocenters. The summed E-state index contributed by atoms with van der Waals surface area (Å²) in [5.41, 5.74) is 6.61. The highest BCUT2D eigenvalue weighted by molar-refractivity contribution is 5.93. The van der Waals surface area contributed by atoms with Crippen LogP contribution >= 0.6 is 0 Å². The normalized spacial score (nSPS) is 14.0. The van der Waals surface area contributed by atoms with E-state index in [2.05, 4.69) is 0 Å². The van der Waals surface area contributed by atoms with E-state index in [1.165, 1.54) is 0 Å². The van der Waals surface area contributed by atoms with Crippen LogP contribution in [-0.2, 0) is 0 Å². The van der Waals surface area contributed by atoms with Crippen molar-refractivity contribution in [2.24, 2.45) is 5.73 Å². The molecule has 0 aromatic heterocycles. The highest BCUT2D eigenvalue weighted by atomic mass is 16.5. The third-order valence-corrected chi connectivity index (χ3v) is 2.13. The van der Waals surface area contributed by atoms with E-state index in [4.69, 9.17) is 10.5 Å². The zero-order chi connectivity index (χ0) is 9.97. The van der Waals surface area contributed by atoms with Crippen LogP contribution in [0.5, 0.6) is 5.75 Å². The number of fused-ring (bicyclic) bond motifs is 1. The quantitative estimate of drug-likeness (QED) is 0.729. The average Bonchev–Trinajstić information content (AvgIpc) is 2.41. The smallest absolute Gasteiger partial charge is 0.248 e. The van der Waals surface area contributed by atoms with Crippen molar-refractivity contribution >= 4 is 12.0 Å². The third kappa shape index (κ3) is 1.62. The molecule has 72 valence electrons. The molecule has 1 aromatic carbocycles. The first kappa shape index (κ1) is 8.81. The van der Waals surface area contributed by atoms with Crippen molar-refractivity contribution in [3.05, 3.63) is 35.4 Å². The van der Waals surface area contributed by atoms with E-state index in [1.54, 1.807) is 18.2 Å². The van der Waals surface area contributed by atoms with Crippen LogP contribution in [0, 0.1) is 0 Å². The Balaban J connectivity index is 2.45. The second kappa shape index (κ2) is 3.54. The molecule has 1 aliphatic rings. The summed E-state index contributed by atoms with van der Waals surface area (Å²) in [4.78, 5) is 10.9. The minimum atomic E-state index is -0.412. The van der Waals surface area contributed by atoms with Gasteiger partial charge in [-0.15, -0.1) is 0 Å². The first-order valence-corrected chi connectivity index (χ1v) is 4.50. The molecule has 0 radical (unpaired) electrons. The van der Waals surface area contributed by atoms with Gasteiger partial charge in [-0.25, -0.2) is 0 Å². The summed E-state index contributed by atoms with van der Waals surface area (Å²) in [5, 5.41) is 0. The van der Waals surface area contributed by atoms with E-state index in [-0.39, 0.29) is 0 Å². The molecule has 0 spiro atoms. The molecule has 0 saturated heterocycles. The molecule has 1 aromatic rings. The van der Waals surface area contributed by atoms with E-state index in [9.17, 15) is 4.79 Å². The van der Waals surface area contributed by atoms with Gasteiger partial charge in [0.15, 0.2) is 0 Å². The lowest BCUT2D eigenvalue weighted by molar-refractivity contribution is 0.100. The molecule has 1 heterocycles. The Labute approximate surface area is 82.2 Å². The number of ether oxygens (including phenoxy) is 1. The number of amides is 1. The van der Waals surface area contributed by atoms with E-state index >= 15 is 0 Å². The first-order valence-electron chi connectivity index (χ1n) is 4.50. The molecule has 3 nitrogen and oxygen atoms in total. The summed E-state index contributed by atoms with van der Waals surface area (Å²) in [6.07, 6.45) is 4.87. The first-order chi connectivity index (χ1) is 6.77. The molecule has 0 fully saturated rings. The molecular formula is C11H11NO2. The lowest BCUT2D eigenvalue weighted by Crippen LogP contribution is -2.11. The Morgan fingerprint density at radius 2 is 2.29 bits per heavy atom. The fourth-order valence-corrected chi connectivity index (χ4v) is 1.41. The number of hydrogen-bond donors (Lipinski definition) is 1. The predicted octanol–water partition coefficient (Wildman–Crippen LogP) is 1.58. The molecule has 14 heavy (non-hydrogen) atoms. The molecule has 0 saturated carbocycles. The van der Waals surface area contributed by atoms with Crippen LogP contribution in [0.3, 0.4) is 0 Å². The van der Waals surface area contributed by atoms with Crippen LogP contribution in [0.4, 0.5) is 0 Å². The van der Waals surface area contributed by atoms with Crippen LogP contribution in [0.1, 0.15) is 22.3 Å². The second-order valence-corrected chi connectivity index (χ2v) is 3.16. The van der Waals surface area contributed by atoms with Gasteiger partial charge < -0.3 is 10.5 Å². The van der Waals surface area contributed by atoms with Gasteiger partial charge in [0.05, 0.1) is 6.61 Å². The van der Waals surface area contributed by atoms with Crippen LogP contribution < -0.4 is 10.5 Å². The van der Waals surface area contributed by atoms with E-state index < -0.39 is 5.91 Å². The van der Waals surface area contributed by atoms with Gasteiger partial charge in [-0.05, 0) is 24.6 Å². The Morgan fingerprint density at radius 3 is 3.07 bits per heavy atom. The average molecular weight is 189 g/mol. The van der Waals surface area contributed by atoms with Gasteiger partial charge in [-0.3, -0.25) is 4.79 Å². The van der Waals surface area contributed by atoms with Crippen molar-refractivity contribution in [1.82, 2.24) is 0 Å². The van der Waals surface area contributed by atoms with Crippen LogP contribution in [-0.4, -0.2) is 12.5 Å². The second-order valence-electron chi connectivity index (χ2n) is 3.16. The maximum atomic E-state index is 10.9. The molecule has 0 aliphatic carbocycles. The van der Waals surface area contributed by atoms with Crippen molar-refractivity contribution in [2.75, 3.05) is 6.61 Å². The van der Waals surface area contributed by atoms with Crippen molar-refractivity contribution in [2.45, 2.75) is 6.42 Å². The zero-order valence-electron chi connectivity index (χ0n) is 7.69. The highest BCUT2D eigenvalue weighted by Crippen LogP contribution is 2.23. The fraction of sp³-hybridized carbons (Fsp3) is 0.182. The van der Waals surface area contributed by atoms with Crippen molar-refractivity contribution in [3.63, 3.8) is 0 Å². The molecule has 1 amide bonds. The molecular weight excluding hydrogens is 178 g/mol. The van der Waals surface area contributed by atoms with E-state index in [0.717, 1.165) is 17.7 Å².